The van der Waals surface area contributed by atoms with Crippen LogP contribution in [0.25, 0.3) is 0 Å². The van der Waals surface area contributed by atoms with Crippen molar-refractivity contribution in [2.24, 2.45) is 5.73 Å². The Morgan fingerprint density at radius 3 is 2.47 bits per heavy atom. The number of rotatable bonds is 4. The highest BCUT2D eigenvalue weighted by molar-refractivity contribution is 6.32. The minimum atomic E-state index is -1.46. The standard InChI is InChI=1S/C10H12ClNO5/c1-16-5-3-4(11)8(13)6(9(5)17-2)7(12)10(14)15/h3,7,13H,12H2,1-2H3,(H,14,15). The van der Waals surface area contributed by atoms with Gasteiger partial charge in [-0.2, -0.15) is 0 Å². The van der Waals surface area contributed by atoms with E-state index < -0.39 is 17.8 Å². The maximum atomic E-state index is 10.9. The van der Waals surface area contributed by atoms with Crippen LogP contribution in [0.3, 0.4) is 0 Å². The number of aliphatic carboxylic acids is 1. The van der Waals surface area contributed by atoms with E-state index in [2.05, 4.69) is 0 Å². The molecule has 0 aliphatic rings. The van der Waals surface area contributed by atoms with Crippen LogP contribution >= 0.6 is 11.6 Å². The van der Waals surface area contributed by atoms with Crippen molar-refractivity contribution in [3.8, 4) is 17.2 Å². The lowest BCUT2D eigenvalue weighted by Crippen LogP contribution is -2.21. The highest BCUT2D eigenvalue weighted by Gasteiger charge is 2.27. The summed E-state index contributed by atoms with van der Waals surface area (Å²) in [7, 11) is 2.67. The zero-order chi connectivity index (χ0) is 13.2. The summed E-state index contributed by atoms with van der Waals surface area (Å²) in [4.78, 5) is 10.9. The Kier molecular flexibility index (Phi) is 4.03. The van der Waals surface area contributed by atoms with E-state index in [1.54, 1.807) is 0 Å². The summed E-state index contributed by atoms with van der Waals surface area (Å²) in [6.45, 7) is 0. The molecule has 1 aromatic carbocycles. The minimum absolute atomic E-state index is 0.0456. The molecule has 17 heavy (non-hydrogen) atoms. The second-order valence-corrected chi connectivity index (χ2v) is 3.58. The Labute approximate surface area is 103 Å². The van der Waals surface area contributed by atoms with Crippen LogP contribution < -0.4 is 15.2 Å². The first-order valence-corrected chi connectivity index (χ1v) is 4.93. The van der Waals surface area contributed by atoms with Gasteiger partial charge in [-0.05, 0) is 0 Å². The van der Waals surface area contributed by atoms with Gasteiger partial charge in [0.1, 0.15) is 11.8 Å². The van der Waals surface area contributed by atoms with Crippen molar-refractivity contribution in [1.82, 2.24) is 0 Å². The maximum absolute atomic E-state index is 10.9. The molecule has 0 heterocycles. The van der Waals surface area contributed by atoms with E-state index in [-0.39, 0.29) is 22.1 Å². The molecule has 0 spiro atoms. The Balaban J connectivity index is 3.53. The fourth-order valence-electron chi connectivity index (χ4n) is 1.39. The van der Waals surface area contributed by atoms with Crippen molar-refractivity contribution in [3.63, 3.8) is 0 Å². The molecule has 0 aromatic heterocycles. The molecule has 0 aliphatic heterocycles. The summed E-state index contributed by atoms with van der Waals surface area (Å²) in [5, 5.41) is 18.5. The fourth-order valence-corrected chi connectivity index (χ4v) is 1.59. The number of aromatic hydroxyl groups is 1. The molecule has 0 fully saturated rings. The van der Waals surface area contributed by atoms with Gasteiger partial charge in [0.2, 0.25) is 0 Å². The molecule has 0 amide bonds. The van der Waals surface area contributed by atoms with Gasteiger partial charge in [-0.25, -0.2) is 0 Å². The maximum Gasteiger partial charge on any atom is 0.325 e. The van der Waals surface area contributed by atoms with Gasteiger partial charge in [0.05, 0.1) is 24.8 Å². The van der Waals surface area contributed by atoms with E-state index in [1.807, 2.05) is 0 Å². The summed E-state index contributed by atoms with van der Waals surface area (Å²) in [6, 6.07) is -0.147. The predicted molar refractivity (Wildman–Crippen MR) is 60.8 cm³/mol. The van der Waals surface area contributed by atoms with Crippen LogP contribution in [0.4, 0.5) is 0 Å². The van der Waals surface area contributed by atoms with Crippen LogP contribution in [0.2, 0.25) is 5.02 Å². The highest BCUT2D eigenvalue weighted by atomic mass is 35.5. The van der Waals surface area contributed by atoms with Crippen LogP contribution in [-0.2, 0) is 4.79 Å². The van der Waals surface area contributed by atoms with Crippen molar-refractivity contribution in [2.45, 2.75) is 6.04 Å². The van der Waals surface area contributed by atoms with Crippen molar-refractivity contribution in [1.29, 1.82) is 0 Å². The number of benzene rings is 1. The van der Waals surface area contributed by atoms with Gasteiger partial charge >= 0.3 is 5.97 Å². The smallest absolute Gasteiger partial charge is 0.325 e. The van der Waals surface area contributed by atoms with Gasteiger partial charge in [0, 0.05) is 6.07 Å². The third-order valence-electron chi connectivity index (χ3n) is 2.21. The molecule has 7 heteroatoms. The summed E-state index contributed by atoms with van der Waals surface area (Å²) >= 11 is 5.74. The first-order chi connectivity index (χ1) is 7.93. The fraction of sp³-hybridized carbons (Fsp3) is 0.300. The summed E-state index contributed by atoms with van der Waals surface area (Å²) in [6.07, 6.45) is 0. The zero-order valence-electron chi connectivity index (χ0n) is 9.23. The number of phenolic OH excluding ortho intramolecular Hbond substituents is 1. The molecule has 0 aliphatic carbocycles. The van der Waals surface area contributed by atoms with Gasteiger partial charge in [-0.3, -0.25) is 4.79 Å². The Bertz CT molecular complexity index is 449. The molecule has 0 saturated heterocycles. The number of nitrogens with two attached hydrogens (primary N) is 1. The molecule has 1 rings (SSSR count). The number of halogens is 1. The Hall–Kier alpha value is -1.66. The number of hydrogen-bond acceptors (Lipinski definition) is 5. The summed E-state index contributed by atoms with van der Waals surface area (Å²) in [5.74, 6) is -1.51. The first kappa shape index (κ1) is 13.4. The lowest BCUT2D eigenvalue weighted by atomic mass is 10.0. The largest absolute Gasteiger partial charge is 0.506 e. The van der Waals surface area contributed by atoms with E-state index in [0.717, 1.165) is 0 Å². The number of hydrogen-bond donors (Lipinski definition) is 3. The molecule has 1 atom stereocenters. The van der Waals surface area contributed by atoms with Crippen molar-refractivity contribution >= 4 is 17.6 Å². The SMILES string of the molecule is COc1cc(Cl)c(O)c(C(N)C(=O)O)c1OC. The number of ether oxygens (including phenoxy) is 2. The van der Waals surface area contributed by atoms with Crippen LogP contribution in [-0.4, -0.2) is 30.4 Å². The third kappa shape index (κ3) is 2.37. The van der Waals surface area contributed by atoms with Crippen LogP contribution in [0, 0.1) is 0 Å². The molecule has 6 nitrogen and oxygen atoms in total. The lowest BCUT2D eigenvalue weighted by molar-refractivity contribution is -0.138. The molecule has 1 aromatic rings. The molecule has 0 radical (unpaired) electrons. The number of methoxy groups -OCH3 is 2. The number of carboxylic acid groups (broad SMARTS) is 1. The lowest BCUT2D eigenvalue weighted by Gasteiger charge is -2.17. The quantitative estimate of drug-likeness (QED) is 0.751. The molecule has 4 N–H and O–H groups in total. The van der Waals surface area contributed by atoms with Crippen LogP contribution in [0.5, 0.6) is 17.2 Å². The Morgan fingerprint density at radius 1 is 1.47 bits per heavy atom. The van der Waals surface area contributed by atoms with Gasteiger partial charge < -0.3 is 25.4 Å². The van der Waals surface area contributed by atoms with E-state index in [1.165, 1.54) is 20.3 Å². The Morgan fingerprint density at radius 2 is 2.06 bits per heavy atom. The molecule has 0 bridgehead atoms. The molecular formula is C10H12ClNO5. The summed E-state index contributed by atoms with van der Waals surface area (Å²) in [5.41, 5.74) is 5.33. The molecule has 94 valence electrons. The third-order valence-corrected chi connectivity index (χ3v) is 2.50. The second-order valence-electron chi connectivity index (χ2n) is 3.17. The van der Waals surface area contributed by atoms with Gasteiger partial charge in [0.15, 0.2) is 11.5 Å². The van der Waals surface area contributed by atoms with E-state index in [0.29, 0.717) is 0 Å². The van der Waals surface area contributed by atoms with E-state index in [4.69, 9.17) is 31.9 Å². The number of carboxylic acids is 1. The second kappa shape index (κ2) is 5.11. The zero-order valence-corrected chi connectivity index (χ0v) is 9.99. The van der Waals surface area contributed by atoms with Crippen molar-refractivity contribution in [3.05, 3.63) is 16.7 Å². The van der Waals surface area contributed by atoms with Crippen LogP contribution in [0.1, 0.15) is 11.6 Å². The van der Waals surface area contributed by atoms with Gasteiger partial charge in [-0.15, -0.1) is 0 Å². The average molecular weight is 262 g/mol. The summed E-state index contributed by atoms with van der Waals surface area (Å²) < 4.78 is 9.96. The van der Waals surface area contributed by atoms with Crippen molar-refractivity contribution in [2.75, 3.05) is 14.2 Å². The van der Waals surface area contributed by atoms with Gasteiger partial charge in [0.25, 0.3) is 0 Å². The number of carbonyl (C=O) groups is 1. The van der Waals surface area contributed by atoms with E-state index in [9.17, 15) is 9.90 Å². The van der Waals surface area contributed by atoms with Crippen LogP contribution in [0.15, 0.2) is 6.07 Å². The molecule has 1 unspecified atom stereocenters. The monoisotopic (exact) mass is 261 g/mol. The highest BCUT2D eigenvalue weighted by Crippen LogP contribution is 2.44. The normalized spacial score (nSPS) is 12.0. The average Bonchev–Trinajstić information content (AvgIpc) is 2.30. The molecular weight excluding hydrogens is 250 g/mol. The van der Waals surface area contributed by atoms with Crippen molar-refractivity contribution < 1.29 is 24.5 Å². The first-order valence-electron chi connectivity index (χ1n) is 4.55. The van der Waals surface area contributed by atoms with E-state index >= 15 is 0 Å². The van der Waals surface area contributed by atoms with Gasteiger partial charge in [-0.1, -0.05) is 11.6 Å². The predicted octanol–water partition coefficient (Wildman–Crippen LogP) is 1.15. The number of phenols is 1. The minimum Gasteiger partial charge on any atom is -0.506 e. The topological polar surface area (TPSA) is 102 Å². The molecule has 0 saturated carbocycles.